The molecule has 1 heterocycles. The zero-order valence-electron chi connectivity index (χ0n) is 10.7. The molecule has 0 aliphatic rings. The molecule has 2 aromatic rings. The smallest absolute Gasteiger partial charge is 0.136 e. The van der Waals surface area contributed by atoms with E-state index in [9.17, 15) is 4.39 Å². The monoisotopic (exact) mass is 256 g/mol. The van der Waals surface area contributed by atoms with Crippen molar-refractivity contribution >= 4 is 0 Å². The van der Waals surface area contributed by atoms with Crippen molar-refractivity contribution in [3.8, 4) is 23.1 Å². The first-order chi connectivity index (χ1) is 9.13. The van der Waals surface area contributed by atoms with Gasteiger partial charge in [-0.05, 0) is 38.1 Å². The molecule has 3 nitrogen and oxygen atoms in total. The van der Waals surface area contributed by atoms with Crippen LogP contribution in [0, 0.1) is 17.1 Å². The molecule has 2 rings (SSSR count). The third-order valence-electron chi connectivity index (χ3n) is 2.50. The number of nitrogens with zero attached hydrogens (tertiary/aromatic N) is 2. The van der Waals surface area contributed by atoms with Gasteiger partial charge in [-0.1, -0.05) is 6.07 Å². The van der Waals surface area contributed by atoms with Crippen molar-refractivity contribution in [3.63, 3.8) is 0 Å². The fraction of sp³-hybridized carbons (Fsp3) is 0.200. The lowest BCUT2D eigenvalue weighted by atomic mass is 10.0. The van der Waals surface area contributed by atoms with Gasteiger partial charge in [0.2, 0.25) is 0 Å². The molecule has 0 aliphatic carbocycles. The summed E-state index contributed by atoms with van der Waals surface area (Å²) >= 11 is 0. The Hall–Kier alpha value is -2.41. The average Bonchev–Trinajstić information content (AvgIpc) is 2.38. The summed E-state index contributed by atoms with van der Waals surface area (Å²) in [6.07, 6.45) is 1.44. The van der Waals surface area contributed by atoms with Crippen LogP contribution in [-0.4, -0.2) is 11.1 Å². The third kappa shape index (κ3) is 2.71. The molecule has 0 atom stereocenters. The maximum absolute atomic E-state index is 14.1. The predicted octanol–water partition coefficient (Wildman–Crippen LogP) is 3.55. The normalized spacial score (nSPS) is 10.3. The summed E-state index contributed by atoms with van der Waals surface area (Å²) in [5, 5.41) is 9.09. The summed E-state index contributed by atoms with van der Waals surface area (Å²) in [6.45, 7) is 3.72. The Morgan fingerprint density at radius 2 is 2.05 bits per heavy atom. The molecule has 0 radical (unpaired) electrons. The largest absolute Gasteiger partial charge is 0.490 e. The van der Waals surface area contributed by atoms with Crippen LogP contribution >= 0.6 is 0 Å². The average molecular weight is 256 g/mol. The fourth-order valence-corrected chi connectivity index (χ4v) is 1.78. The Labute approximate surface area is 111 Å². The van der Waals surface area contributed by atoms with Crippen LogP contribution in [0.25, 0.3) is 11.3 Å². The number of nitriles is 1. The van der Waals surface area contributed by atoms with E-state index in [1.165, 1.54) is 12.3 Å². The lowest BCUT2D eigenvalue weighted by Gasteiger charge is -2.15. The van der Waals surface area contributed by atoms with Crippen molar-refractivity contribution in [2.45, 2.75) is 20.0 Å². The Morgan fingerprint density at radius 3 is 2.74 bits per heavy atom. The highest BCUT2D eigenvalue weighted by atomic mass is 19.1. The molecule has 1 aromatic carbocycles. The van der Waals surface area contributed by atoms with Crippen LogP contribution in [0.1, 0.15) is 19.4 Å². The van der Waals surface area contributed by atoms with Gasteiger partial charge in [0.15, 0.2) is 0 Å². The van der Waals surface area contributed by atoms with Gasteiger partial charge < -0.3 is 4.74 Å². The zero-order valence-corrected chi connectivity index (χ0v) is 10.7. The topological polar surface area (TPSA) is 45.9 Å². The molecule has 96 valence electrons. The molecule has 0 bridgehead atoms. The van der Waals surface area contributed by atoms with Gasteiger partial charge in [0, 0.05) is 6.20 Å². The van der Waals surface area contributed by atoms with E-state index in [-0.39, 0.29) is 11.7 Å². The van der Waals surface area contributed by atoms with Gasteiger partial charge in [-0.3, -0.25) is 4.98 Å². The maximum Gasteiger partial charge on any atom is 0.136 e. The van der Waals surface area contributed by atoms with Gasteiger partial charge >= 0.3 is 0 Å². The molecule has 0 amide bonds. The van der Waals surface area contributed by atoms with E-state index in [4.69, 9.17) is 10.00 Å². The Balaban J connectivity index is 2.64. The molecule has 1 aromatic heterocycles. The van der Waals surface area contributed by atoms with Crippen LogP contribution in [-0.2, 0) is 0 Å². The number of aromatic nitrogens is 1. The predicted molar refractivity (Wildman–Crippen MR) is 70.1 cm³/mol. The fourth-order valence-electron chi connectivity index (χ4n) is 1.78. The Kier molecular flexibility index (Phi) is 3.76. The summed E-state index contributed by atoms with van der Waals surface area (Å²) in [7, 11) is 0. The molecule has 19 heavy (non-hydrogen) atoms. The van der Waals surface area contributed by atoms with Crippen LogP contribution in [0.3, 0.4) is 0 Å². The minimum absolute atomic E-state index is 0.0882. The Morgan fingerprint density at radius 1 is 1.26 bits per heavy atom. The number of rotatable bonds is 3. The lowest BCUT2D eigenvalue weighted by Crippen LogP contribution is -2.07. The number of pyridine rings is 1. The van der Waals surface area contributed by atoms with E-state index >= 15 is 0 Å². The molecule has 0 saturated carbocycles. The molecule has 0 unspecified atom stereocenters. The van der Waals surface area contributed by atoms with E-state index < -0.39 is 5.82 Å². The molecule has 0 N–H and O–H groups in total. The van der Waals surface area contributed by atoms with E-state index in [1.54, 1.807) is 24.3 Å². The SMILES string of the molecule is CC(C)Oc1cccc(F)c1-c1ncccc1C#N. The van der Waals surface area contributed by atoms with Crippen LogP contribution in [0.5, 0.6) is 5.75 Å². The standard InChI is InChI=1S/C15H13FN2O/c1-10(2)19-13-7-3-6-12(16)14(13)15-11(9-17)5-4-8-18-15/h3-8,10H,1-2H3. The van der Waals surface area contributed by atoms with Crippen LogP contribution in [0.15, 0.2) is 36.5 Å². The second-order valence-corrected chi connectivity index (χ2v) is 4.29. The van der Waals surface area contributed by atoms with Crippen molar-refractivity contribution in [1.29, 1.82) is 5.26 Å². The first kappa shape index (κ1) is 13.0. The number of benzene rings is 1. The van der Waals surface area contributed by atoms with E-state index in [2.05, 4.69) is 4.98 Å². The van der Waals surface area contributed by atoms with Crippen LogP contribution in [0.2, 0.25) is 0 Å². The summed E-state index contributed by atoms with van der Waals surface area (Å²) in [5.41, 5.74) is 0.855. The second-order valence-electron chi connectivity index (χ2n) is 4.29. The van der Waals surface area contributed by atoms with Gasteiger partial charge in [0.05, 0.1) is 22.9 Å². The van der Waals surface area contributed by atoms with Crippen LogP contribution < -0.4 is 4.74 Å². The molecular weight excluding hydrogens is 243 g/mol. The third-order valence-corrected chi connectivity index (χ3v) is 2.50. The van der Waals surface area contributed by atoms with Gasteiger partial charge in [0.25, 0.3) is 0 Å². The first-order valence-electron chi connectivity index (χ1n) is 5.94. The minimum Gasteiger partial charge on any atom is -0.490 e. The summed E-state index contributed by atoms with van der Waals surface area (Å²) in [6, 6.07) is 9.85. The summed E-state index contributed by atoms with van der Waals surface area (Å²) in [4.78, 5) is 4.11. The van der Waals surface area contributed by atoms with E-state index in [1.807, 2.05) is 19.9 Å². The summed E-state index contributed by atoms with van der Waals surface area (Å²) in [5.74, 6) is -0.0569. The first-order valence-corrected chi connectivity index (χ1v) is 5.94. The van der Waals surface area contributed by atoms with Crippen molar-refractivity contribution < 1.29 is 9.13 Å². The number of hydrogen-bond acceptors (Lipinski definition) is 3. The van der Waals surface area contributed by atoms with Crippen molar-refractivity contribution in [2.24, 2.45) is 0 Å². The van der Waals surface area contributed by atoms with E-state index in [0.29, 0.717) is 17.0 Å². The molecule has 4 heteroatoms. The highest BCUT2D eigenvalue weighted by molar-refractivity contribution is 5.72. The van der Waals surface area contributed by atoms with Crippen molar-refractivity contribution in [1.82, 2.24) is 4.98 Å². The molecule has 0 fully saturated rings. The molecule has 0 saturated heterocycles. The molecule has 0 aliphatic heterocycles. The lowest BCUT2D eigenvalue weighted by molar-refractivity contribution is 0.242. The summed E-state index contributed by atoms with van der Waals surface area (Å²) < 4.78 is 19.7. The number of hydrogen-bond donors (Lipinski definition) is 0. The number of halogens is 1. The van der Waals surface area contributed by atoms with Crippen LogP contribution in [0.4, 0.5) is 4.39 Å². The second kappa shape index (κ2) is 5.49. The zero-order chi connectivity index (χ0) is 13.8. The highest BCUT2D eigenvalue weighted by Gasteiger charge is 2.17. The van der Waals surface area contributed by atoms with Gasteiger partial charge in [0.1, 0.15) is 17.6 Å². The highest BCUT2D eigenvalue weighted by Crippen LogP contribution is 2.33. The van der Waals surface area contributed by atoms with Gasteiger partial charge in [-0.15, -0.1) is 0 Å². The van der Waals surface area contributed by atoms with E-state index in [0.717, 1.165) is 0 Å². The quantitative estimate of drug-likeness (QED) is 0.843. The molecular formula is C15H13FN2O. The van der Waals surface area contributed by atoms with Crippen molar-refractivity contribution in [3.05, 3.63) is 47.9 Å². The maximum atomic E-state index is 14.1. The molecule has 0 spiro atoms. The van der Waals surface area contributed by atoms with Gasteiger partial charge in [-0.25, -0.2) is 4.39 Å². The minimum atomic E-state index is -0.451. The Bertz CT molecular complexity index is 632. The number of ether oxygens (including phenoxy) is 1. The van der Waals surface area contributed by atoms with Crippen molar-refractivity contribution in [2.75, 3.05) is 0 Å². The van der Waals surface area contributed by atoms with Gasteiger partial charge in [-0.2, -0.15) is 5.26 Å².